The van der Waals surface area contributed by atoms with Crippen LogP contribution in [0.25, 0.3) is 0 Å². The molecule has 0 saturated heterocycles. The molecule has 0 atom stereocenters. The van der Waals surface area contributed by atoms with Crippen LogP contribution in [0.2, 0.25) is 0 Å². The summed E-state index contributed by atoms with van der Waals surface area (Å²) >= 11 is 0. The van der Waals surface area contributed by atoms with Crippen molar-refractivity contribution >= 4 is 5.97 Å². The van der Waals surface area contributed by atoms with Crippen LogP contribution in [0.1, 0.15) is 13.8 Å². The SMILES string of the molecule is C=C(C)C(=O)OCC.NO. The minimum Gasteiger partial charge on any atom is -0.463 e. The Labute approximate surface area is 60.2 Å². The zero-order valence-corrected chi connectivity index (χ0v) is 6.26. The number of nitrogens with two attached hydrogens (primary N) is 1. The Kier molecular flexibility index (Phi) is 9.65. The van der Waals surface area contributed by atoms with E-state index in [4.69, 9.17) is 5.21 Å². The largest absolute Gasteiger partial charge is 0.463 e. The fourth-order valence-corrected chi connectivity index (χ4v) is 0.254. The van der Waals surface area contributed by atoms with Crippen molar-refractivity contribution in [1.82, 2.24) is 0 Å². The first kappa shape index (κ1) is 11.9. The Morgan fingerprint density at radius 2 is 2.10 bits per heavy atom. The Hall–Kier alpha value is -0.870. The van der Waals surface area contributed by atoms with E-state index in [1.165, 1.54) is 0 Å². The molecule has 0 aliphatic rings. The average Bonchev–Trinajstić information content (AvgIpc) is 1.93. The first-order chi connectivity index (χ1) is 4.68. The van der Waals surface area contributed by atoms with Gasteiger partial charge in [0.15, 0.2) is 0 Å². The van der Waals surface area contributed by atoms with Crippen molar-refractivity contribution in [3.05, 3.63) is 12.2 Å². The van der Waals surface area contributed by atoms with Gasteiger partial charge in [-0.2, -0.15) is 0 Å². The van der Waals surface area contributed by atoms with E-state index in [-0.39, 0.29) is 5.97 Å². The molecule has 4 nitrogen and oxygen atoms in total. The van der Waals surface area contributed by atoms with Gasteiger partial charge in [-0.1, -0.05) is 6.58 Å². The first-order valence-corrected chi connectivity index (χ1v) is 2.77. The Morgan fingerprint density at radius 3 is 2.20 bits per heavy atom. The number of hydrogen-bond donors (Lipinski definition) is 2. The Morgan fingerprint density at radius 1 is 1.70 bits per heavy atom. The van der Waals surface area contributed by atoms with Gasteiger partial charge in [0.2, 0.25) is 0 Å². The van der Waals surface area contributed by atoms with E-state index in [0.29, 0.717) is 12.2 Å². The Balaban J connectivity index is 0. The number of hydrogen-bond acceptors (Lipinski definition) is 4. The molecule has 3 N–H and O–H groups in total. The van der Waals surface area contributed by atoms with Gasteiger partial charge in [0, 0.05) is 5.57 Å². The zero-order valence-electron chi connectivity index (χ0n) is 6.26. The van der Waals surface area contributed by atoms with Crippen LogP contribution in [0.3, 0.4) is 0 Å². The van der Waals surface area contributed by atoms with Crippen LogP contribution in [-0.4, -0.2) is 17.8 Å². The number of rotatable bonds is 2. The van der Waals surface area contributed by atoms with Crippen LogP contribution >= 0.6 is 0 Å². The molecular formula is C6H13NO3. The van der Waals surface area contributed by atoms with E-state index in [9.17, 15) is 4.79 Å². The van der Waals surface area contributed by atoms with Crippen LogP contribution in [0.4, 0.5) is 0 Å². The van der Waals surface area contributed by atoms with Crippen LogP contribution in [0, 0.1) is 0 Å². The number of ether oxygens (including phenoxy) is 1. The van der Waals surface area contributed by atoms with E-state index in [1.54, 1.807) is 13.8 Å². The van der Waals surface area contributed by atoms with Crippen molar-refractivity contribution in [2.24, 2.45) is 5.90 Å². The maximum atomic E-state index is 10.4. The van der Waals surface area contributed by atoms with E-state index < -0.39 is 0 Å². The lowest BCUT2D eigenvalue weighted by Crippen LogP contribution is -2.03. The molecule has 0 aliphatic heterocycles. The molecule has 0 unspecified atom stereocenters. The first-order valence-electron chi connectivity index (χ1n) is 2.77. The second-order valence-electron chi connectivity index (χ2n) is 1.50. The van der Waals surface area contributed by atoms with Gasteiger partial charge in [0.05, 0.1) is 6.61 Å². The van der Waals surface area contributed by atoms with Gasteiger partial charge in [0.1, 0.15) is 0 Å². The lowest BCUT2D eigenvalue weighted by molar-refractivity contribution is -0.138. The molecule has 10 heavy (non-hydrogen) atoms. The van der Waals surface area contributed by atoms with Crippen LogP contribution in [0.15, 0.2) is 12.2 Å². The van der Waals surface area contributed by atoms with E-state index in [0.717, 1.165) is 0 Å². The van der Waals surface area contributed by atoms with Crippen LogP contribution in [0.5, 0.6) is 0 Å². The molecule has 0 bridgehead atoms. The lowest BCUT2D eigenvalue weighted by Gasteiger charge is -1.96. The molecule has 0 saturated carbocycles. The topological polar surface area (TPSA) is 72.5 Å². The third-order valence-corrected chi connectivity index (χ3v) is 0.624. The van der Waals surface area contributed by atoms with Gasteiger partial charge in [-0.15, -0.1) is 0 Å². The molecule has 0 fully saturated rings. The van der Waals surface area contributed by atoms with E-state index in [2.05, 4.69) is 17.2 Å². The summed E-state index contributed by atoms with van der Waals surface area (Å²) in [6, 6.07) is 0. The predicted octanol–water partition coefficient (Wildman–Crippen LogP) is 0.460. The zero-order chi connectivity index (χ0) is 8.57. The van der Waals surface area contributed by atoms with Crippen LogP contribution in [-0.2, 0) is 9.53 Å². The van der Waals surface area contributed by atoms with Crippen molar-refractivity contribution in [3.63, 3.8) is 0 Å². The summed E-state index contributed by atoms with van der Waals surface area (Å²) in [5.41, 5.74) is 0.451. The normalized spacial score (nSPS) is 7.20. The summed E-state index contributed by atoms with van der Waals surface area (Å²) in [5, 5.41) is 6.50. The molecule has 0 aromatic heterocycles. The smallest absolute Gasteiger partial charge is 0.333 e. The van der Waals surface area contributed by atoms with Crippen molar-refractivity contribution in [2.75, 3.05) is 6.61 Å². The highest BCUT2D eigenvalue weighted by Gasteiger charge is 1.98. The van der Waals surface area contributed by atoms with Gasteiger partial charge in [-0.25, -0.2) is 10.7 Å². The predicted molar refractivity (Wildman–Crippen MR) is 37.4 cm³/mol. The van der Waals surface area contributed by atoms with Gasteiger partial charge in [-0.05, 0) is 13.8 Å². The maximum absolute atomic E-state index is 10.4. The summed E-state index contributed by atoms with van der Waals surface area (Å²) in [4.78, 5) is 10.4. The minimum absolute atomic E-state index is 0.312. The summed E-state index contributed by atoms with van der Waals surface area (Å²) in [5.74, 6) is 3.19. The highest BCUT2D eigenvalue weighted by Crippen LogP contribution is 1.89. The number of carbonyl (C=O) groups excluding carboxylic acids is 1. The third-order valence-electron chi connectivity index (χ3n) is 0.624. The summed E-state index contributed by atoms with van der Waals surface area (Å²) in [6.07, 6.45) is 0. The maximum Gasteiger partial charge on any atom is 0.333 e. The molecule has 0 radical (unpaired) electrons. The van der Waals surface area contributed by atoms with Crippen LogP contribution < -0.4 is 5.90 Å². The molecule has 0 amide bonds. The second kappa shape index (κ2) is 8.13. The third kappa shape index (κ3) is 7.13. The molecular weight excluding hydrogens is 134 g/mol. The minimum atomic E-state index is -0.312. The van der Waals surface area contributed by atoms with Crippen molar-refractivity contribution in [2.45, 2.75) is 13.8 Å². The fraction of sp³-hybridized carbons (Fsp3) is 0.500. The monoisotopic (exact) mass is 147 g/mol. The van der Waals surface area contributed by atoms with E-state index in [1.807, 2.05) is 0 Å². The van der Waals surface area contributed by atoms with Gasteiger partial charge in [-0.3, -0.25) is 0 Å². The lowest BCUT2D eigenvalue weighted by atomic mass is 10.4. The second-order valence-corrected chi connectivity index (χ2v) is 1.50. The molecule has 0 rings (SSSR count). The number of esters is 1. The molecule has 60 valence electrons. The van der Waals surface area contributed by atoms with E-state index >= 15 is 0 Å². The van der Waals surface area contributed by atoms with Gasteiger partial charge >= 0.3 is 5.97 Å². The highest BCUT2D eigenvalue weighted by molar-refractivity contribution is 5.86. The standard InChI is InChI=1S/C6H10O2.H3NO/c1-4-8-6(7)5(2)3;1-2/h2,4H2,1,3H3;2H,1H2. The number of carbonyl (C=O) groups is 1. The summed E-state index contributed by atoms with van der Waals surface area (Å²) < 4.78 is 4.56. The molecule has 0 aromatic carbocycles. The molecule has 0 spiro atoms. The summed E-state index contributed by atoms with van der Waals surface area (Å²) in [6.45, 7) is 7.21. The van der Waals surface area contributed by atoms with Gasteiger partial charge in [0.25, 0.3) is 0 Å². The van der Waals surface area contributed by atoms with Crippen molar-refractivity contribution < 1.29 is 14.7 Å². The quantitative estimate of drug-likeness (QED) is 0.338. The highest BCUT2D eigenvalue weighted by atomic mass is 16.5. The Bertz CT molecular complexity index is 112. The molecule has 4 heteroatoms. The molecule has 0 aliphatic carbocycles. The fourth-order valence-electron chi connectivity index (χ4n) is 0.254. The average molecular weight is 147 g/mol. The molecule has 0 heterocycles. The van der Waals surface area contributed by atoms with Crippen molar-refractivity contribution in [1.29, 1.82) is 0 Å². The molecule has 0 aromatic rings. The van der Waals surface area contributed by atoms with Gasteiger partial charge < -0.3 is 9.94 Å². The summed E-state index contributed by atoms with van der Waals surface area (Å²) in [7, 11) is 0. The van der Waals surface area contributed by atoms with Crippen molar-refractivity contribution in [3.8, 4) is 0 Å².